The third-order valence-corrected chi connectivity index (χ3v) is 4.26. The van der Waals surface area contributed by atoms with Crippen molar-refractivity contribution in [2.45, 2.75) is 44.3 Å². The predicted molar refractivity (Wildman–Crippen MR) is 79.8 cm³/mol. The Labute approximate surface area is 129 Å². The first-order valence-corrected chi connectivity index (χ1v) is 7.69. The Morgan fingerprint density at radius 3 is 2.45 bits per heavy atom. The molecule has 0 aliphatic heterocycles. The van der Waals surface area contributed by atoms with Crippen LogP contribution in [0.4, 0.5) is 19.1 Å². The van der Waals surface area contributed by atoms with E-state index in [0.717, 1.165) is 18.8 Å². The van der Waals surface area contributed by atoms with Crippen molar-refractivity contribution in [2.75, 3.05) is 32.1 Å². The van der Waals surface area contributed by atoms with Crippen molar-refractivity contribution < 1.29 is 13.2 Å². The fourth-order valence-electron chi connectivity index (χ4n) is 2.80. The molecule has 1 saturated carbocycles. The van der Waals surface area contributed by atoms with E-state index in [4.69, 9.17) is 0 Å². The van der Waals surface area contributed by atoms with Crippen LogP contribution in [0, 0.1) is 0 Å². The highest BCUT2D eigenvalue weighted by atomic mass is 19.4. The summed E-state index contributed by atoms with van der Waals surface area (Å²) in [6.07, 6.45) is 2.98. The molecule has 0 spiro atoms. The molecule has 22 heavy (non-hydrogen) atoms. The molecule has 1 aliphatic carbocycles. The van der Waals surface area contributed by atoms with Gasteiger partial charge in [-0.3, -0.25) is 0 Å². The highest BCUT2D eigenvalue weighted by Crippen LogP contribution is 2.28. The Morgan fingerprint density at radius 1 is 1.14 bits per heavy atom. The maximum absolute atomic E-state index is 12.7. The van der Waals surface area contributed by atoms with E-state index in [2.05, 4.69) is 21.9 Å². The molecular formula is C15H23F3N4. The summed E-state index contributed by atoms with van der Waals surface area (Å²) < 4.78 is 38.0. The fraction of sp³-hybridized carbons (Fsp3) is 0.733. The highest BCUT2D eigenvalue weighted by molar-refractivity contribution is 5.29. The normalized spacial score (nSPS) is 17.0. The zero-order valence-corrected chi connectivity index (χ0v) is 13.1. The number of nitrogens with zero attached hydrogens (tertiary/aromatic N) is 4. The van der Waals surface area contributed by atoms with Gasteiger partial charge in [-0.15, -0.1) is 0 Å². The maximum Gasteiger partial charge on any atom is 0.433 e. The number of hydrogen-bond donors (Lipinski definition) is 0. The second-order valence-electron chi connectivity index (χ2n) is 5.93. The van der Waals surface area contributed by atoms with Gasteiger partial charge in [-0.25, -0.2) is 9.97 Å². The first-order valence-electron chi connectivity index (χ1n) is 7.69. The molecule has 4 nitrogen and oxygen atoms in total. The van der Waals surface area contributed by atoms with Crippen LogP contribution in [0.5, 0.6) is 0 Å². The Hall–Kier alpha value is -1.37. The highest BCUT2D eigenvalue weighted by Gasteiger charge is 2.33. The molecule has 0 saturated heterocycles. The standard InChI is InChI=1S/C15H23F3N4/c1-21(12-6-4-3-5-7-12)10-11-22(2)14-19-9-8-13(20-14)15(16,17)18/h8-9,12H,3-7,10-11H2,1-2H3. The topological polar surface area (TPSA) is 32.3 Å². The van der Waals surface area contributed by atoms with Gasteiger partial charge in [0.15, 0.2) is 0 Å². The van der Waals surface area contributed by atoms with E-state index in [-0.39, 0.29) is 5.95 Å². The van der Waals surface area contributed by atoms with Crippen molar-refractivity contribution in [1.29, 1.82) is 0 Å². The molecule has 0 unspecified atom stereocenters. The predicted octanol–water partition coefficient (Wildman–Crippen LogP) is 3.20. The fourth-order valence-corrected chi connectivity index (χ4v) is 2.80. The second-order valence-corrected chi connectivity index (χ2v) is 5.93. The molecule has 0 N–H and O–H groups in total. The van der Waals surface area contributed by atoms with E-state index in [1.165, 1.54) is 32.1 Å². The average molecular weight is 316 g/mol. The monoisotopic (exact) mass is 316 g/mol. The molecule has 1 aliphatic rings. The maximum atomic E-state index is 12.7. The lowest BCUT2D eigenvalue weighted by Crippen LogP contribution is -2.39. The minimum Gasteiger partial charge on any atom is -0.343 e. The third kappa shape index (κ3) is 4.56. The number of halogens is 3. The molecule has 1 heterocycles. The minimum absolute atomic E-state index is 0.117. The van der Waals surface area contributed by atoms with E-state index in [0.29, 0.717) is 12.6 Å². The summed E-state index contributed by atoms with van der Waals surface area (Å²) in [7, 11) is 3.81. The molecule has 0 atom stereocenters. The summed E-state index contributed by atoms with van der Waals surface area (Å²) in [5.41, 5.74) is -0.898. The van der Waals surface area contributed by atoms with E-state index < -0.39 is 11.9 Å². The number of likely N-dealkylation sites (N-methyl/N-ethyl adjacent to an activating group) is 2. The van der Waals surface area contributed by atoms with Crippen LogP contribution in [-0.2, 0) is 6.18 Å². The lowest BCUT2D eigenvalue weighted by molar-refractivity contribution is -0.141. The van der Waals surface area contributed by atoms with Crippen LogP contribution in [-0.4, -0.2) is 48.1 Å². The molecule has 0 radical (unpaired) electrons. The van der Waals surface area contributed by atoms with Crippen LogP contribution >= 0.6 is 0 Å². The average Bonchev–Trinajstić information content (AvgIpc) is 2.52. The van der Waals surface area contributed by atoms with Gasteiger partial charge in [0.05, 0.1) is 0 Å². The van der Waals surface area contributed by atoms with Gasteiger partial charge in [-0.1, -0.05) is 19.3 Å². The molecule has 1 aromatic heterocycles. The number of aromatic nitrogens is 2. The zero-order valence-electron chi connectivity index (χ0n) is 13.1. The summed E-state index contributed by atoms with van der Waals surface area (Å²) in [5.74, 6) is 0.117. The zero-order chi connectivity index (χ0) is 16.2. The van der Waals surface area contributed by atoms with Gasteiger partial charge in [0.25, 0.3) is 0 Å². The SMILES string of the molecule is CN(CCN(C)C1CCCCC1)c1nccc(C(F)(F)F)n1. The largest absolute Gasteiger partial charge is 0.433 e. The van der Waals surface area contributed by atoms with Crippen molar-refractivity contribution in [3.63, 3.8) is 0 Å². The summed E-state index contributed by atoms with van der Waals surface area (Å²) in [6, 6.07) is 1.48. The van der Waals surface area contributed by atoms with Gasteiger partial charge in [-0.2, -0.15) is 13.2 Å². The summed E-state index contributed by atoms with van der Waals surface area (Å²) in [4.78, 5) is 11.5. The van der Waals surface area contributed by atoms with Gasteiger partial charge in [0.1, 0.15) is 5.69 Å². The van der Waals surface area contributed by atoms with E-state index in [9.17, 15) is 13.2 Å². The third-order valence-electron chi connectivity index (χ3n) is 4.26. The molecule has 1 fully saturated rings. The lowest BCUT2D eigenvalue weighted by Gasteiger charge is -2.32. The summed E-state index contributed by atoms with van der Waals surface area (Å²) in [6.45, 7) is 1.40. The molecule has 0 amide bonds. The summed E-state index contributed by atoms with van der Waals surface area (Å²) >= 11 is 0. The van der Waals surface area contributed by atoms with Crippen molar-refractivity contribution in [1.82, 2.24) is 14.9 Å². The Balaban J connectivity index is 1.90. The minimum atomic E-state index is -4.43. The van der Waals surface area contributed by atoms with E-state index in [1.807, 2.05) is 0 Å². The Morgan fingerprint density at radius 2 is 1.82 bits per heavy atom. The smallest absolute Gasteiger partial charge is 0.343 e. The first-order chi connectivity index (χ1) is 10.4. The first kappa shape index (κ1) is 17.0. The molecule has 2 rings (SSSR count). The van der Waals surface area contributed by atoms with E-state index in [1.54, 1.807) is 11.9 Å². The Kier molecular flexibility index (Phi) is 5.61. The van der Waals surface area contributed by atoms with E-state index >= 15 is 0 Å². The van der Waals surface area contributed by atoms with Crippen molar-refractivity contribution in [3.8, 4) is 0 Å². The number of hydrogen-bond acceptors (Lipinski definition) is 4. The second kappa shape index (κ2) is 7.26. The van der Waals surface area contributed by atoms with Crippen LogP contribution in [0.2, 0.25) is 0 Å². The summed E-state index contributed by atoms with van der Waals surface area (Å²) in [5, 5.41) is 0. The van der Waals surface area contributed by atoms with Gasteiger partial charge >= 0.3 is 6.18 Å². The number of anilines is 1. The quantitative estimate of drug-likeness (QED) is 0.835. The van der Waals surface area contributed by atoms with Crippen LogP contribution in [0.1, 0.15) is 37.8 Å². The number of alkyl halides is 3. The molecule has 0 aromatic carbocycles. The lowest BCUT2D eigenvalue weighted by atomic mass is 9.94. The van der Waals surface area contributed by atoms with Gasteiger partial charge in [-0.05, 0) is 26.0 Å². The van der Waals surface area contributed by atoms with Crippen LogP contribution in [0.15, 0.2) is 12.3 Å². The van der Waals surface area contributed by atoms with Crippen LogP contribution in [0.25, 0.3) is 0 Å². The van der Waals surface area contributed by atoms with Crippen molar-refractivity contribution in [2.24, 2.45) is 0 Å². The molecule has 0 bridgehead atoms. The van der Waals surface area contributed by atoms with Gasteiger partial charge < -0.3 is 9.80 Å². The molecular weight excluding hydrogens is 293 g/mol. The van der Waals surface area contributed by atoms with Crippen LogP contribution in [0.3, 0.4) is 0 Å². The molecule has 7 heteroatoms. The van der Waals surface area contributed by atoms with Gasteiger partial charge in [0, 0.05) is 32.4 Å². The van der Waals surface area contributed by atoms with Crippen molar-refractivity contribution >= 4 is 5.95 Å². The number of rotatable bonds is 5. The molecule has 124 valence electrons. The van der Waals surface area contributed by atoms with Gasteiger partial charge in [0.2, 0.25) is 5.95 Å². The van der Waals surface area contributed by atoms with Crippen molar-refractivity contribution in [3.05, 3.63) is 18.0 Å². The Bertz CT molecular complexity index is 472. The van der Waals surface area contributed by atoms with Crippen LogP contribution < -0.4 is 4.90 Å². The molecule has 1 aromatic rings.